The molecule has 0 aliphatic carbocycles. The van der Waals surface area contributed by atoms with E-state index in [1.165, 1.54) is 11.1 Å². The fraction of sp³-hybridized carbons (Fsp3) is 0.375. The molecule has 0 aromatic heterocycles. The molecule has 0 aliphatic rings. The number of ether oxygens (including phenoxy) is 1. The highest BCUT2D eigenvalue weighted by Gasteiger charge is 2.07. The van der Waals surface area contributed by atoms with E-state index in [4.69, 9.17) is 4.74 Å². The molecular formula is C16H22O. The normalized spacial score (nSPS) is 10.4. The van der Waals surface area contributed by atoms with E-state index in [2.05, 4.69) is 45.2 Å². The molecule has 0 heterocycles. The van der Waals surface area contributed by atoms with Crippen LogP contribution in [0.2, 0.25) is 0 Å². The Hall–Kier alpha value is -1.50. The van der Waals surface area contributed by atoms with Crippen LogP contribution in [0, 0.1) is 0 Å². The van der Waals surface area contributed by atoms with Crippen molar-refractivity contribution >= 4 is 0 Å². The second-order valence-electron chi connectivity index (χ2n) is 4.76. The van der Waals surface area contributed by atoms with Crippen LogP contribution in [0.25, 0.3) is 0 Å². The number of hydrogen-bond acceptors (Lipinski definition) is 1. The lowest BCUT2D eigenvalue weighted by Gasteiger charge is -2.14. The first-order valence-corrected chi connectivity index (χ1v) is 6.05. The van der Waals surface area contributed by atoms with Crippen molar-refractivity contribution in [2.75, 3.05) is 6.61 Å². The van der Waals surface area contributed by atoms with Crippen LogP contribution in [-0.2, 0) is 6.42 Å². The Morgan fingerprint density at radius 3 is 2.65 bits per heavy atom. The number of allylic oxidation sites excluding steroid dienone is 1. The van der Waals surface area contributed by atoms with E-state index >= 15 is 0 Å². The molecule has 1 heteroatoms. The van der Waals surface area contributed by atoms with Gasteiger partial charge in [-0.15, -0.1) is 0 Å². The third-order valence-electron chi connectivity index (χ3n) is 2.61. The van der Waals surface area contributed by atoms with E-state index in [0.29, 0.717) is 12.5 Å². The smallest absolute Gasteiger partial charge is 0.123 e. The summed E-state index contributed by atoms with van der Waals surface area (Å²) in [6.07, 6.45) is 2.64. The van der Waals surface area contributed by atoms with Gasteiger partial charge in [-0.25, -0.2) is 0 Å². The molecule has 0 saturated heterocycles. The van der Waals surface area contributed by atoms with E-state index in [9.17, 15) is 0 Å². The average molecular weight is 230 g/mol. The fourth-order valence-corrected chi connectivity index (χ4v) is 1.68. The fourth-order valence-electron chi connectivity index (χ4n) is 1.68. The van der Waals surface area contributed by atoms with Crippen molar-refractivity contribution in [1.29, 1.82) is 0 Å². The van der Waals surface area contributed by atoms with Crippen LogP contribution in [0.15, 0.2) is 43.0 Å². The van der Waals surface area contributed by atoms with E-state index in [1.54, 1.807) is 6.08 Å². The van der Waals surface area contributed by atoms with Gasteiger partial charge in [0.25, 0.3) is 0 Å². The van der Waals surface area contributed by atoms with Crippen molar-refractivity contribution in [3.63, 3.8) is 0 Å². The summed E-state index contributed by atoms with van der Waals surface area (Å²) in [5.74, 6) is 1.47. The Balaban J connectivity index is 3.02. The summed E-state index contributed by atoms with van der Waals surface area (Å²) in [6, 6.07) is 6.44. The molecule has 1 aromatic carbocycles. The molecule has 0 aliphatic heterocycles. The lowest BCUT2D eigenvalue weighted by atomic mass is 9.98. The van der Waals surface area contributed by atoms with Gasteiger partial charge in [0.05, 0.1) is 0 Å². The zero-order chi connectivity index (χ0) is 12.8. The first-order chi connectivity index (χ1) is 8.04. The third kappa shape index (κ3) is 4.10. The average Bonchev–Trinajstić information content (AvgIpc) is 2.26. The number of hydrogen-bond donors (Lipinski definition) is 0. The van der Waals surface area contributed by atoms with Crippen LogP contribution in [-0.4, -0.2) is 6.61 Å². The molecule has 0 saturated carbocycles. The maximum atomic E-state index is 5.72. The minimum absolute atomic E-state index is 0.514. The number of rotatable bonds is 6. The Bertz CT molecular complexity index is 402. The summed E-state index contributed by atoms with van der Waals surface area (Å²) in [6.45, 7) is 14.6. The Kier molecular flexibility index (Phi) is 5.02. The molecule has 1 aromatic rings. The summed E-state index contributed by atoms with van der Waals surface area (Å²) in [5, 5.41) is 0. The molecule has 0 radical (unpaired) electrons. The molecule has 0 fully saturated rings. The van der Waals surface area contributed by atoms with Crippen LogP contribution in [0.4, 0.5) is 0 Å². The molecule has 0 spiro atoms. The van der Waals surface area contributed by atoms with Gasteiger partial charge >= 0.3 is 0 Å². The molecule has 17 heavy (non-hydrogen) atoms. The molecule has 92 valence electrons. The van der Waals surface area contributed by atoms with Crippen LogP contribution < -0.4 is 4.74 Å². The van der Waals surface area contributed by atoms with E-state index < -0.39 is 0 Å². The monoisotopic (exact) mass is 230 g/mol. The van der Waals surface area contributed by atoms with E-state index in [1.807, 2.05) is 6.92 Å². The van der Waals surface area contributed by atoms with Crippen molar-refractivity contribution in [1.82, 2.24) is 0 Å². The summed E-state index contributed by atoms with van der Waals surface area (Å²) >= 11 is 0. The summed E-state index contributed by atoms with van der Waals surface area (Å²) in [7, 11) is 0. The predicted molar refractivity (Wildman–Crippen MR) is 74.7 cm³/mol. The van der Waals surface area contributed by atoms with E-state index in [0.717, 1.165) is 17.7 Å². The van der Waals surface area contributed by atoms with Gasteiger partial charge in [-0.2, -0.15) is 0 Å². The molecule has 0 atom stereocenters. The first kappa shape index (κ1) is 13.6. The summed E-state index contributed by atoms with van der Waals surface area (Å²) in [5.41, 5.74) is 3.64. The zero-order valence-electron chi connectivity index (χ0n) is 11.1. The third-order valence-corrected chi connectivity index (χ3v) is 2.61. The minimum atomic E-state index is 0.514. The van der Waals surface area contributed by atoms with Crippen LogP contribution >= 0.6 is 0 Å². The lowest BCUT2D eigenvalue weighted by Crippen LogP contribution is -2.00. The topological polar surface area (TPSA) is 9.23 Å². The Morgan fingerprint density at radius 1 is 1.41 bits per heavy atom. The zero-order valence-corrected chi connectivity index (χ0v) is 11.1. The second kappa shape index (κ2) is 6.29. The van der Waals surface area contributed by atoms with Crippen LogP contribution in [0.5, 0.6) is 5.75 Å². The first-order valence-electron chi connectivity index (χ1n) is 6.05. The minimum Gasteiger partial charge on any atom is -0.489 e. The van der Waals surface area contributed by atoms with Crippen molar-refractivity contribution in [3.05, 3.63) is 54.1 Å². The molecule has 1 nitrogen and oxygen atoms in total. The Labute approximate surface area is 105 Å². The number of benzene rings is 1. The van der Waals surface area contributed by atoms with Crippen molar-refractivity contribution in [2.45, 2.75) is 33.1 Å². The molecular weight excluding hydrogens is 208 g/mol. The lowest BCUT2D eigenvalue weighted by molar-refractivity contribution is 0.359. The second-order valence-corrected chi connectivity index (χ2v) is 4.76. The maximum absolute atomic E-state index is 5.72. The molecule has 1 rings (SSSR count). The molecule has 0 unspecified atom stereocenters. The van der Waals surface area contributed by atoms with Gasteiger partial charge in [-0.1, -0.05) is 50.8 Å². The van der Waals surface area contributed by atoms with Gasteiger partial charge in [-0.3, -0.25) is 0 Å². The quantitative estimate of drug-likeness (QED) is 0.654. The highest BCUT2D eigenvalue weighted by molar-refractivity contribution is 5.40. The predicted octanol–water partition coefficient (Wildman–Crippen LogP) is 4.49. The molecule has 0 N–H and O–H groups in total. The summed E-state index contributed by atoms with van der Waals surface area (Å²) < 4.78 is 5.72. The van der Waals surface area contributed by atoms with E-state index in [-0.39, 0.29) is 0 Å². The maximum Gasteiger partial charge on any atom is 0.123 e. The van der Waals surface area contributed by atoms with Crippen molar-refractivity contribution < 1.29 is 4.74 Å². The SMILES string of the molecule is C=CCOc1cc(C(C)C)ccc1CC(=C)C. The summed E-state index contributed by atoms with van der Waals surface area (Å²) in [4.78, 5) is 0. The van der Waals surface area contributed by atoms with Crippen LogP contribution in [0.3, 0.4) is 0 Å². The van der Waals surface area contributed by atoms with Gasteiger partial charge < -0.3 is 4.74 Å². The standard InChI is InChI=1S/C16H22O/c1-6-9-17-16-11-14(13(4)5)7-8-15(16)10-12(2)3/h6-8,11,13H,1-2,9-10H2,3-5H3. The van der Waals surface area contributed by atoms with Gasteiger partial charge in [0.1, 0.15) is 12.4 Å². The largest absolute Gasteiger partial charge is 0.489 e. The van der Waals surface area contributed by atoms with Crippen molar-refractivity contribution in [2.24, 2.45) is 0 Å². The van der Waals surface area contributed by atoms with Gasteiger partial charge in [0, 0.05) is 0 Å². The van der Waals surface area contributed by atoms with Gasteiger partial charge in [0.2, 0.25) is 0 Å². The molecule has 0 amide bonds. The van der Waals surface area contributed by atoms with Crippen LogP contribution in [0.1, 0.15) is 37.8 Å². The van der Waals surface area contributed by atoms with Crippen molar-refractivity contribution in [3.8, 4) is 5.75 Å². The highest BCUT2D eigenvalue weighted by atomic mass is 16.5. The Morgan fingerprint density at radius 2 is 2.12 bits per heavy atom. The molecule has 0 bridgehead atoms. The van der Waals surface area contributed by atoms with Gasteiger partial charge in [0.15, 0.2) is 0 Å². The highest BCUT2D eigenvalue weighted by Crippen LogP contribution is 2.26. The van der Waals surface area contributed by atoms with Gasteiger partial charge in [-0.05, 0) is 36.5 Å².